The third kappa shape index (κ3) is 3.23. The number of hydrogen-bond acceptors (Lipinski definition) is 7. The third-order valence-corrected chi connectivity index (χ3v) is 7.20. The number of imidazole rings is 1. The van der Waals surface area contributed by atoms with E-state index in [1.54, 1.807) is 19.2 Å². The Morgan fingerprint density at radius 2 is 1.89 bits per heavy atom. The van der Waals surface area contributed by atoms with Gasteiger partial charge >= 0.3 is 5.69 Å². The highest BCUT2D eigenvalue weighted by Crippen LogP contribution is 2.64. The molecule has 0 saturated heterocycles. The molecule has 35 heavy (non-hydrogen) atoms. The lowest BCUT2D eigenvalue weighted by Gasteiger charge is -2.62. The van der Waals surface area contributed by atoms with Crippen LogP contribution in [-0.2, 0) is 5.54 Å². The first-order chi connectivity index (χ1) is 16.8. The Labute approximate surface area is 207 Å². The molecule has 3 fully saturated rings. The first-order valence-electron chi connectivity index (χ1n) is 10.7. The summed E-state index contributed by atoms with van der Waals surface area (Å²) in [5.74, 6) is 1.45. The Morgan fingerprint density at radius 1 is 1.17 bits per heavy atom. The molecule has 2 aromatic carbocycles. The summed E-state index contributed by atoms with van der Waals surface area (Å²) < 4.78 is 14.6. The van der Waals surface area contributed by atoms with Crippen LogP contribution in [0, 0.1) is 17.2 Å². The lowest BCUT2D eigenvalue weighted by atomic mass is 9.49. The van der Waals surface area contributed by atoms with Crippen LogP contribution in [0.4, 0.5) is 0 Å². The number of nitrogens with one attached hydrogen (secondary N) is 1. The van der Waals surface area contributed by atoms with Gasteiger partial charge in [0, 0.05) is 6.07 Å². The summed E-state index contributed by atoms with van der Waals surface area (Å²) in [6, 6.07) is 10.5. The van der Waals surface area contributed by atoms with Crippen molar-refractivity contribution in [2.75, 3.05) is 7.11 Å². The standard InChI is InChI=1S/C23H16Cl2N6O4/c1-34-22-27-16-3-2-13(6-18(16)30(22)23-7-11(8-23)9-23)35-19-14(24)4-12(5-15(19)25)31-21(33)28-20(32)17(10-26)29-31/h2-6,11H,7-9H2,1H3,(H,28,32,33). The Hall–Kier alpha value is -3.81. The molecular formula is C23H16Cl2N6O4. The van der Waals surface area contributed by atoms with Gasteiger partial charge in [-0.1, -0.05) is 23.2 Å². The van der Waals surface area contributed by atoms with Crippen molar-refractivity contribution in [3.63, 3.8) is 0 Å². The van der Waals surface area contributed by atoms with Crippen LogP contribution in [0.3, 0.4) is 0 Å². The number of fused-ring (bicyclic) bond motifs is 1. The van der Waals surface area contributed by atoms with Crippen LogP contribution in [0.15, 0.2) is 39.9 Å². The average Bonchev–Trinajstić information content (AvgIpc) is 3.12. The Kier molecular flexibility index (Phi) is 4.71. The molecular weight excluding hydrogens is 495 g/mol. The number of methoxy groups -OCH3 is 1. The van der Waals surface area contributed by atoms with E-state index >= 15 is 0 Å². The monoisotopic (exact) mass is 510 g/mol. The highest BCUT2D eigenvalue weighted by atomic mass is 35.5. The summed E-state index contributed by atoms with van der Waals surface area (Å²) in [6.07, 6.45) is 3.35. The summed E-state index contributed by atoms with van der Waals surface area (Å²) in [5.41, 5.74) is -0.280. The molecule has 1 N–H and O–H groups in total. The number of benzene rings is 2. The molecule has 176 valence electrons. The van der Waals surface area contributed by atoms with Gasteiger partial charge in [-0.3, -0.25) is 14.3 Å². The van der Waals surface area contributed by atoms with E-state index < -0.39 is 16.9 Å². The summed E-state index contributed by atoms with van der Waals surface area (Å²) in [6.45, 7) is 0. The first kappa shape index (κ1) is 21.7. The van der Waals surface area contributed by atoms with Crippen LogP contribution in [0.2, 0.25) is 10.0 Å². The molecule has 2 aromatic heterocycles. The number of H-pyrrole nitrogens is 1. The minimum atomic E-state index is -0.879. The van der Waals surface area contributed by atoms with Crippen molar-refractivity contribution in [3.05, 3.63) is 66.9 Å². The van der Waals surface area contributed by atoms with Gasteiger partial charge in [-0.15, -0.1) is 5.10 Å². The number of aromatic nitrogens is 5. The maximum absolute atomic E-state index is 12.2. The molecule has 2 heterocycles. The molecule has 4 aromatic rings. The van der Waals surface area contributed by atoms with Crippen molar-refractivity contribution in [2.24, 2.45) is 5.92 Å². The van der Waals surface area contributed by atoms with Crippen molar-refractivity contribution in [1.82, 2.24) is 24.3 Å². The van der Waals surface area contributed by atoms with Gasteiger partial charge in [0.15, 0.2) is 5.75 Å². The van der Waals surface area contributed by atoms with E-state index in [4.69, 9.17) is 37.9 Å². The smallest absolute Gasteiger partial charge is 0.349 e. The Bertz CT molecular complexity index is 1660. The highest BCUT2D eigenvalue weighted by Gasteiger charge is 2.59. The van der Waals surface area contributed by atoms with Gasteiger partial charge in [0.05, 0.1) is 39.4 Å². The number of halogens is 2. The minimum absolute atomic E-state index is 0.0551. The molecule has 3 saturated carbocycles. The Morgan fingerprint density at radius 3 is 2.49 bits per heavy atom. The Balaban J connectivity index is 1.38. The maximum Gasteiger partial charge on any atom is 0.349 e. The van der Waals surface area contributed by atoms with Crippen molar-refractivity contribution >= 4 is 34.2 Å². The highest BCUT2D eigenvalue weighted by molar-refractivity contribution is 6.37. The lowest BCUT2D eigenvalue weighted by Crippen LogP contribution is -2.59. The average molecular weight is 511 g/mol. The fourth-order valence-electron chi connectivity index (χ4n) is 4.93. The fraction of sp³-hybridized carbons (Fsp3) is 0.261. The second-order valence-corrected chi connectivity index (χ2v) is 9.57. The van der Waals surface area contributed by atoms with Crippen molar-refractivity contribution in [3.8, 4) is 29.3 Å². The molecule has 2 bridgehead atoms. The molecule has 3 aliphatic carbocycles. The van der Waals surface area contributed by atoms with Crippen LogP contribution >= 0.6 is 23.2 Å². The van der Waals surface area contributed by atoms with Gasteiger partial charge in [0.1, 0.15) is 11.8 Å². The SMILES string of the molecule is COc1nc2ccc(Oc3c(Cl)cc(-n4nc(C#N)c(=O)[nH]c4=O)cc3Cl)cc2n1C12CC(C1)C2. The van der Waals surface area contributed by atoms with E-state index in [1.807, 2.05) is 17.1 Å². The molecule has 0 unspecified atom stereocenters. The minimum Gasteiger partial charge on any atom is -0.468 e. The topological polar surface area (TPSA) is 128 Å². The zero-order valence-corrected chi connectivity index (χ0v) is 19.7. The normalized spacial score (nSPS) is 20.1. The summed E-state index contributed by atoms with van der Waals surface area (Å²) in [5, 5.41) is 13.0. The number of rotatable bonds is 5. The number of nitrogens with zero attached hydrogens (tertiary/aromatic N) is 5. The van der Waals surface area contributed by atoms with E-state index in [1.165, 1.54) is 12.1 Å². The summed E-state index contributed by atoms with van der Waals surface area (Å²) >= 11 is 12.9. The number of hydrogen-bond donors (Lipinski definition) is 1. The zero-order valence-electron chi connectivity index (χ0n) is 18.2. The predicted molar refractivity (Wildman–Crippen MR) is 127 cm³/mol. The van der Waals surface area contributed by atoms with Gasteiger partial charge < -0.3 is 9.47 Å². The number of aromatic amines is 1. The molecule has 0 radical (unpaired) electrons. The first-order valence-corrected chi connectivity index (χ1v) is 11.5. The van der Waals surface area contributed by atoms with E-state index in [0.717, 1.165) is 40.9 Å². The quantitative estimate of drug-likeness (QED) is 0.432. The zero-order chi connectivity index (χ0) is 24.5. The largest absolute Gasteiger partial charge is 0.468 e. The molecule has 0 spiro atoms. The van der Waals surface area contributed by atoms with Crippen LogP contribution < -0.4 is 20.7 Å². The molecule has 3 aliphatic rings. The van der Waals surface area contributed by atoms with Crippen LogP contribution in [0.25, 0.3) is 16.7 Å². The van der Waals surface area contributed by atoms with Gasteiger partial charge in [0.2, 0.25) is 5.69 Å². The van der Waals surface area contributed by atoms with Crippen LogP contribution in [0.5, 0.6) is 17.5 Å². The molecule has 7 rings (SSSR count). The number of ether oxygens (including phenoxy) is 2. The predicted octanol–water partition coefficient (Wildman–Crippen LogP) is 3.76. The van der Waals surface area contributed by atoms with Crippen LogP contribution in [0.1, 0.15) is 25.0 Å². The second-order valence-electron chi connectivity index (χ2n) is 8.76. The van der Waals surface area contributed by atoms with E-state index in [2.05, 4.69) is 14.6 Å². The third-order valence-electron chi connectivity index (χ3n) is 6.64. The number of nitriles is 1. The van der Waals surface area contributed by atoms with Gasteiger partial charge in [0.25, 0.3) is 11.6 Å². The molecule has 0 aliphatic heterocycles. The summed E-state index contributed by atoms with van der Waals surface area (Å²) in [4.78, 5) is 30.5. The van der Waals surface area contributed by atoms with Gasteiger partial charge in [-0.2, -0.15) is 14.9 Å². The van der Waals surface area contributed by atoms with Crippen molar-refractivity contribution in [1.29, 1.82) is 5.26 Å². The van der Waals surface area contributed by atoms with E-state index in [9.17, 15) is 9.59 Å². The van der Waals surface area contributed by atoms with Crippen molar-refractivity contribution in [2.45, 2.75) is 24.8 Å². The molecule has 0 atom stereocenters. The second kappa shape index (κ2) is 7.60. The summed E-state index contributed by atoms with van der Waals surface area (Å²) in [7, 11) is 1.61. The van der Waals surface area contributed by atoms with Crippen molar-refractivity contribution < 1.29 is 9.47 Å². The molecule has 10 nitrogen and oxygen atoms in total. The van der Waals surface area contributed by atoms with Crippen LogP contribution in [-0.4, -0.2) is 31.4 Å². The molecule has 0 amide bonds. The lowest BCUT2D eigenvalue weighted by molar-refractivity contribution is -0.0895. The van der Waals surface area contributed by atoms with E-state index in [-0.39, 0.29) is 27.0 Å². The fourth-order valence-corrected chi connectivity index (χ4v) is 5.48. The van der Waals surface area contributed by atoms with Gasteiger partial charge in [-0.25, -0.2) is 4.79 Å². The maximum atomic E-state index is 12.2. The molecule has 12 heteroatoms. The van der Waals surface area contributed by atoms with Gasteiger partial charge in [-0.05, 0) is 49.4 Å². The van der Waals surface area contributed by atoms with E-state index in [0.29, 0.717) is 11.8 Å².